The number of hydrogen-bond acceptors (Lipinski definition) is 3. The molecule has 5 nitrogen and oxygen atoms in total. The van der Waals surface area contributed by atoms with Crippen LogP contribution in [0.1, 0.15) is 5.56 Å². The van der Waals surface area contributed by atoms with Gasteiger partial charge in [-0.3, -0.25) is 10.1 Å². The van der Waals surface area contributed by atoms with Crippen LogP contribution in [-0.2, 0) is 0 Å². The van der Waals surface area contributed by atoms with Gasteiger partial charge in [-0.05, 0) is 18.2 Å². The SMILES string of the molecule is N#Cc1c(Cl)[nH]c(-c2cc(Cl)cc(Cl)c2)c1[N+](=O)[O-]. The minimum atomic E-state index is -0.676. The molecule has 1 aromatic heterocycles. The van der Waals surface area contributed by atoms with E-state index in [2.05, 4.69) is 4.98 Å². The summed E-state index contributed by atoms with van der Waals surface area (Å²) in [6.07, 6.45) is 0. The number of nitriles is 1. The zero-order chi connectivity index (χ0) is 14.2. The Labute approximate surface area is 122 Å². The van der Waals surface area contributed by atoms with Crippen LogP contribution in [0.2, 0.25) is 15.2 Å². The van der Waals surface area contributed by atoms with Crippen LogP contribution < -0.4 is 0 Å². The maximum absolute atomic E-state index is 11.1. The molecule has 2 aromatic rings. The molecule has 2 rings (SSSR count). The monoisotopic (exact) mass is 315 g/mol. The highest BCUT2D eigenvalue weighted by Gasteiger charge is 2.27. The normalized spacial score (nSPS) is 10.2. The van der Waals surface area contributed by atoms with Gasteiger partial charge in [-0.25, -0.2) is 0 Å². The summed E-state index contributed by atoms with van der Waals surface area (Å²) in [5.41, 5.74) is -0.146. The molecular weight excluding hydrogens is 312 g/mol. The van der Waals surface area contributed by atoms with E-state index in [1.807, 2.05) is 0 Å². The summed E-state index contributed by atoms with van der Waals surface area (Å²) in [7, 11) is 0. The van der Waals surface area contributed by atoms with Crippen LogP contribution in [0.4, 0.5) is 5.69 Å². The average Bonchev–Trinajstić information content (AvgIpc) is 2.64. The Balaban J connectivity index is 2.76. The van der Waals surface area contributed by atoms with Crippen LogP contribution in [0.15, 0.2) is 18.2 Å². The lowest BCUT2D eigenvalue weighted by molar-refractivity contribution is -0.384. The van der Waals surface area contributed by atoms with Crippen molar-refractivity contribution in [2.75, 3.05) is 0 Å². The molecule has 0 saturated heterocycles. The third-order valence-electron chi connectivity index (χ3n) is 2.37. The predicted octanol–water partition coefficient (Wildman–Crippen LogP) is 4.42. The van der Waals surface area contributed by atoms with Crippen molar-refractivity contribution in [3.05, 3.63) is 49.1 Å². The van der Waals surface area contributed by atoms with E-state index < -0.39 is 10.6 Å². The first-order valence-corrected chi connectivity index (χ1v) is 6.00. The molecule has 8 heteroatoms. The fourth-order valence-corrected chi connectivity index (χ4v) is 2.40. The van der Waals surface area contributed by atoms with Gasteiger partial charge in [-0.2, -0.15) is 5.26 Å². The van der Waals surface area contributed by atoms with Crippen molar-refractivity contribution in [1.82, 2.24) is 4.98 Å². The molecule has 0 fully saturated rings. The van der Waals surface area contributed by atoms with Gasteiger partial charge in [-0.15, -0.1) is 0 Å². The van der Waals surface area contributed by atoms with Gasteiger partial charge in [0.2, 0.25) is 0 Å². The minimum Gasteiger partial charge on any atom is -0.339 e. The second-order valence-corrected chi connectivity index (χ2v) is 4.82. The molecule has 0 atom stereocenters. The number of nitrogens with zero attached hydrogens (tertiary/aromatic N) is 2. The van der Waals surface area contributed by atoms with E-state index in [9.17, 15) is 10.1 Å². The number of benzene rings is 1. The maximum atomic E-state index is 11.1. The lowest BCUT2D eigenvalue weighted by atomic mass is 10.1. The Morgan fingerprint density at radius 3 is 2.26 bits per heavy atom. The highest BCUT2D eigenvalue weighted by molar-refractivity contribution is 6.35. The van der Waals surface area contributed by atoms with Gasteiger partial charge in [0, 0.05) is 15.6 Å². The van der Waals surface area contributed by atoms with Crippen molar-refractivity contribution in [1.29, 1.82) is 5.26 Å². The molecule has 0 saturated carbocycles. The smallest absolute Gasteiger partial charge is 0.314 e. The van der Waals surface area contributed by atoms with Crippen molar-refractivity contribution in [2.24, 2.45) is 0 Å². The second-order valence-electron chi connectivity index (χ2n) is 3.56. The fraction of sp³-hybridized carbons (Fsp3) is 0. The highest BCUT2D eigenvalue weighted by Crippen LogP contribution is 2.38. The molecular formula is C11H4Cl3N3O2. The molecule has 96 valence electrons. The van der Waals surface area contributed by atoms with Crippen LogP contribution in [-0.4, -0.2) is 9.91 Å². The largest absolute Gasteiger partial charge is 0.339 e. The van der Waals surface area contributed by atoms with Gasteiger partial charge in [0.05, 0.1) is 4.92 Å². The number of nitrogens with one attached hydrogen (secondary N) is 1. The number of H-pyrrole nitrogens is 1. The molecule has 0 aliphatic heterocycles. The number of nitro groups is 1. The van der Waals surface area contributed by atoms with Crippen LogP contribution in [0, 0.1) is 21.4 Å². The minimum absolute atomic E-state index is 0.0935. The molecule has 0 spiro atoms. The summed E-state index contributed by atoms with van der Waals surface area (Å²) in [5.74, 6) is 0. The van der Waals surface area contributed by atoms with Gasteiger partial charge in [-0.1, -0.05) is 34.8 Å². The number of halogens is 3. The molecule has 0 amide bonds. The number of rotatable bonds is 2. The van der Waals surface area contributed by atoms with Crippen molar-refractivity contribution >= 4 is 40.5 Å². The first kappa shape index (κ1) is 13.7. The highest BCUT2D eigenvalue weighted by atomic mass is 35.5. The Morgan fingerprint density at radius 1 is 1.21 bits per heavy atom. The third kappa shape index (κ3) is 2.51. The molecule has 1 aromatic carbocycles. The molecule has 1 N–H and O–H groups in total. The number of aromatic amines is 1. The van der Waals surface area contributed by atoms with Crippen LogP contribution in [0.25, 0.3) is 11.3 Å². The van der Waals surface area contributed by atoms with Crippen molar-refractivity contribution in [3.63, 3.8) is 0 Å². The van der Waals surface area contributed by atoms with E-state index >= 15 is 0 Å². The molecule has 0 aliphatic carbocycles. The third-order valence-corrected chi connectivity index (χ3v) is 3.09. The van der Waals surface area contributed by atoms with E-state index in [4.69, 9.17) is 40.1 Å². The summed E-state index contributed by atoms with van der Waals surface area (Å²) < 4.78 is 0. The van der Waals surface area contributed by atoms with Gasteiger partial charge in [0.25, 0.3) is 0 Å². The van der Waals surface area contributed by atoms with E-state index in [0.717, 1.165) is 0 Å². The predicted molar refractivity (Wildman–Crippen MR) is 72.6 cm³/mol. The Hall–Kier alpha value is -1.74. The van der Waals surface area contributed by atoms with Crippen LogP contribution >= 0.6 is 34.8 Å². The topological polar surface area (TPSA) is 82.7 Å². The average molecular weight is 317 g/mol. The van der Waals surface area contributed by atoms with E-state index in [-0.39, 0.29) is 16.4 Å². The molecule has 0 unspecified atom stereocenters. The Kier molecular flexibility index (Phi) is 3.67. The summed E-state index contributed by atoms with van der Waals surface area (Å²) in [6.45, 7) is 0. The molecule has 0 radical (unpaired) electrons. The van der Waals surface area contributed by atoms with Crippen molar-refractivity contribution in [3.8, 4) is 17.3 Å². The van der Waals surface area contributed by atoms with Crippen molar-refractivity contribution in [2.45, 2.75) is 0 Å². The van der Waals surface area contributed by atoms with E-state index in [0.29, 0.717) is 15.6 Å². The summed E-state index contributed by atoms with van der Waals surface area (Å²) >= 11 is 17.5. The first-order chi connectivity index (χ1) is 8.93. The van der Waals surface area contributed by atoms with E-state index in [1.54, 1.807) is 6.07 Å². The van der Waals surface area contributed by atoms with Crippen molar-refractivity contribution < 1.29 is 4.92 Å². The lowest BCUT2D eigenvalue weighted by Crippen LogP contribution is -1.91. The first-order valence-electron chi connectivity index (χ1n) is 4.86. The molecule has 1 heterocycles. The Morgan fingerprint density at radius 2 is 1.79 bits per heavy atom. The van der Waals surface area contributed by atoms with Gasteiger partial charge >= 0.3 is 5.69 Å². The number of aromatic nitrogens is 1. The molecule has 0 bridgehead atoms. The maximum Gasteiger partial charge on any atom is 0.314 e. The summed E-state index contributed by atoms with van der Waals surface area (Å²) in [6, 6.07) is 6.17. The summed E-state index contributed by atoms with van der Waals surface area (Å²) in [5, 5.41) is 20.5. The zero-order valence-corrected chi connectivity index (χ0v) is 11.3. The zero-order valence-electron chi connectivity index (χ0n) is 9.08. The van der Waals surface area contributed by atoms with Gasteiger partial charge in [0.15, 0.2) is 5.56 Å². The van der Waals surface area contributed by atoms with E-state index in [1.165, 1.54) is 18.2 Å². The van der Waals surface area contributed by atoms with Gasteiger partial charge < -0.3 is 4.98 Å². The van der Waals surface area contributed by atoms with Crippen LogP contribution in [0.5, 0.6) is 0 Å². The second kappa shape index (κ2) is 5.10. The Bertz CT molecular complexity index is 698. The number of hydrogen-bond donors (Lipinski definition) is 1. The quantitative estimate of drug-likeness (QED) is 0.657. The lowest BCUT2D eigenvalue weighted by Gasteiger charge is -2.01. The van der Waals surface area contributed by atoms with Crippen LogP contribution in [0.3, 0.4) is 0 Å². The fourth-order valence-electron chi connectivity index (χ4n) is 1.65. The van der Waals surface area contributed by atoms with Gasteiger partial charge in [0.1, 0.15) is 16.9 Å². The molecule has 0 aliphatic rings. The molecule has 19 heavy (non-hydrogen) atoms. The standard InChI is InChI=1S/C11H4Cl3N3O2/c12-6-1-5(2-7(13)3-6)9-10(17(18)19)8(4-15)11(14)16-9/h1-3,16H. The summed E-state index contributed by atoms with van der Waals surface area (Å²) in [4.78, 5) is 13.0.